The van der Waals surface area contributed by atoms with Crippen molar-refractivity contribution in [1.29, 1.82) is 0 Å². The summed E-state index contributed by atoms with van der Waals surface area (Å²) in [4.78, 5) is 15.2. The van der Waals surface area contributed by atoms with Crippen LogP contribution in [0.25, 0.3) is 0 Å². The molecule has 5 nitrogen and oxygen atoms in total. The van der Waals surface area contributed by atoms with Crippen molar-refractivity contribution < 1.29 is 19.4 Å². The molecule has 1 aromatic rings. The van der Waals surface area contributed by atoms with E-state index in [4.69, 9.17) is 9.47 Å². The van der Waals surface area contributed by atoms with Crippen LogP contribution >= 0.6 is 0 Å². The van der Waals surface area contributed by atoms with Crippen LogP contribution in [0.3, 0.4) is 0 Å². The van der Waals surface area contributed by atoms with Gasteiger partial charge in [0.2, 0.25) is 0 Å². The number of aliphatic hydroxyl groups excluding tert-OH is 1. The number of esters is 1. The molecule has 0 amide bonds. The van der Waals surface area contributed by atoms with Crippen LogP contribution in [0.1, 0.15) is 44.1 Å². The fourth-order valence-corrected chi connectivity index (χ4v) is 4.57. The highest BCUT2D eigenvalue weighted by Crippen LogP contribution is 2.49. The molecule has 1 N–H and O–H groups in total. The molecular formula is C20H27NO4. The maximum absolute atomic E-state index is 12.6. The van der Waals surface area contributed by atoms with Gasteiger partial charge in [-0.05, 0) is 18.5 Å². The van der Waals surface area contributed by atoms with E-state index in [9.17, 15) is 9.90 Å². The molecule has 0 saturated carbocycles. The maximum atomic E-state index is 12.6. The number of fused-ring (bicyclic) bond motifs is 5. The first-order valence-corrected chi connectivity index (χ1v) is 9.50. The molecule has 0 aliphatic carbocycles. The summed E-state index contributed by atoms with van der Waals surface area (Å²) in [5.74, 6) is -0.905. The molecule has 3 fully saturated rings. The molecule has 0 radical (unpaired) electrons. The van der Waals surface area contributed by atoms with Gasteiger partial charge in [0.1, 0.15) is 24.2 Å². The fourth-order valence-electron chi connectivity index (χ4n) is 4.57. The molecule has 3 aliphatic rings. The Balaban J connectivity index is 1.39. The van der Waals surface area contributed by atoms with Gasteiger partial charge >= 0.3 is 5.97 Å². The molecular weight excluding hydrogens is 318 g/mol. The number of hydrogen-bond donors (Lipinski definition) is 1. The number of epoxide rings is 1. The third kappa shape index (κ3) is 3.21. The van der Waals surface area contributed by atoms with Gasteiger partial charge < -0.3 is 14.6 Å². The van der Waals surface area contributed by atoms with Gasteiger partial charge in [-0.1, -0.05) is 43.7 Å². The predicted octanol–water partition coefficient (Wildman–Crippen LogP) is 2.09. The second-order valence-corrected chi connectivity index (χ2v) is 7.47. The van der Waals surface area contributed by atoms with E-state index in [-0.39, 0.29) is 18.7 Å². The lowest BCUT2D eigenvalue weighted by molar-refractivity contribution is -0.157. The number of ether oxygens (including phenoxy) is 2. The van der Waals surface area contributed by atoms with Crippen molar-refractivity contribution in [2.45, 2.75) is 68.9 Å². The highest BCUT2D eigenvalue weighted by molar-refractivity contribution is 5.78. The number of rotatable bonds is 7. The first-order chi connectivity index (χ1) is 12.2. The third-order valence-corrected chi connectivity index (χ3v) is 5.90. The van der Waals surface area contributed by atoms with E-state index in [0.717, 1.165) is 24.9 Å². The molecule has 2 bridgehead atoms. The molecule has 4 rings (SSSR count). The number of carbonyl (C=O) groups excluding carboxylic acids is 1. The first-order valence-electron chi connectivity index (χ1n) is 9.50. The van der Waals surface area contributed by atoms with Crippen molar-refractivity contribution in [2.75, 3.05) is 13.2 Å². The molecule has 4 unspecified atom stereocenters. The van der Waals surface area contributed by atoms with Crippen LogP contribution in [0.15, 0.2) is 30.3 Å². The van der Waals surface area contributed by atoms with Crippen molar-refractivity contribution in [3.63, 3.8) is 0 Å². The minimum Gasteiger partial charge on any atom is -0.462 e. The zero-order chi connectivity index (χ0) is 17.4. The van der Waals surface area contributed by atoms with E-state index in [1.165, 1.54) is 12.8 Å². The molecule has 1 aromatic carbocycles. The average molecular weight is 345 g/mol. The largest absolute Gasteiger partial charge is 0.462 e. The number of unbranched alkanes of at least 4 members (excludes halogenated alkanes) is 1. The van der Waals surface area contributed by atoms with Crippen LogP contribution in [-0.2, 0) is 14.3 Å². The molecule has 0 spiro atoms. The Bertz CT molecular complexity index is 589. The summed E-state index contributed by atoms with van der Waals surface area (Å²) >= 11 is 0. The zero-order valence-corrected chi connectivity index (χ0v) is 14.7. The highest BCUT2D eigenvalue weighted by atomic mass is 16.6. The van der Waals surface area contributed by atoms with E-state index in [1.54, 1.807) is 0 Å². The number of aliphatic hydroxyl groups is 1. The van der Waals surface area contributed by atoms with E-state index >= 15 is 0 Å². The lowest BCUT2D eigenvalue weighted by atomic mass is 9.97. The average Bonchev–Trinajstić information content (AvgIpc) is 3.38. The monoisotopic (exact) mass is 345 g/mol. The van der Waals surface area contributed by atoms with Gasteiger partial charge in [0.15, 0.2) is 0 Å². The molecule has 25 heavy (non-hydrogen) atoms. The van der Waals surface area contributed by atoms with Gasteiger partial charge in [-0.3, -0.25) is 9.69 Å². The number of carbonyl (C=O) groups is 1. The molecule has 3 aliphatic heterocycles. The van der Waals surface area contributed by atoms with Gasteiger partial charge in [-0.25, -0.2) is 0 Å². The Labute approximate surface area is 148 Å². The summed E-state index contributed by atoms with van der Waals surface area (Å²) < 4.78 is 11.6. The van der Waals surface area contributed by atoms with E-state index < -0.39 is 5.92 Å². The van der Waals surface area contributed by atoms with Crippen molar-refractivity contribution in [3.8, 4) is 0 Å². The van der Waals surface area contributed by atoms with Crippen LogP contribution in [0.2, 0.25) is 0 Å². The zero-order valence-electron chi connectivity index (χ0n) is 14.7. The SMILES string of the molecule is CCCCN1C2CC(OC(=O)[C@H](CO)c3ccccc3)CC1C1OC12. The maximum Gasteiger partial charge on any atom is 0.316 e. The van der Waals surface area contributed by atoms with Crippen LogP contribution in [-0.4, -0.2) is 59.5 Å². The summed E-state index contributed by atoms with van der Waals surface area (Å²) in [6.45, 7) is 3.11. The number of morpholine rings is 1. The van der Waals surface area contributed by atoms with Crippen molar-refractivity contribution in [3.05, 3.63) is 35.9 Å². The molecule has 136 valence electrons. The molecule has 3 saturated heterocycles. The molecule has 5 heteroatoms. The number of nitrogens with zero attached hydrogens (tertiary/aromatic N) is 1. The van der Waals surface area contributed by atoms with Crippen LogP contribution in [0.5, 0.6) is 0 Å². The molecule has 5 atom stereocenters. The summed E-state index contributed by atoms with van der Waals surface area (Å²) in [5.41, 5.74) is 0.810. The summed E-state index contributed by atoms with van der Waals surface area (Å²) in [6, 6.07) is 10.2. The number of piperidine rings is 1. The summed E-state index contributed by atoms with van der Waals surface area (Å²) in [5, 5.41) is 9.65. The first kappa shape index (κ1) is 17.0. The Morgan fingerprint density at radius 3 is 2.56 bits per heavy atom. The van der Waals surface area contributed by atoms with E-state index in [1.807, 2.05) is 30.3 Å². The Morgan fingerprint density at radius 2 is 1.96 bits per heavy atom. The van der Waals surface area contributed by atoms with Gasteiger partial charge in [-0.2, -0.15) is 0 Å². The van der Waals surface area contributed by atoms with Crippen LogP contribution in [0, 0.1) is 0 Å². The normalized spacial score (nSPS) is 34.4. The molecule has 0 aromatic heterocycles. The van der Waals surface area contributed by atoms with Crippen LogP contribution < -0.4 is 0 Å². The highest BCUT2D eigenvalue weighted by Gasteiger charge is 2.63. The molecule has 3 heterocycles. The summed E-state index contributed by atoms with van der Waals surface area (Å²) in [7, 11) is 0. The van der Waals surface area contributed by atoms with E-state index in [2.05, 4.69) is 11.8 Å². The van der Waals surface area contributed by atoms with Crippen LogP contribution in [0.4, 0.5) is 0 Å². The van der Waals surface area contributed by atoms with Gasteiger partial charge in [0.25, 0.3) is 0 Å². The lowest BCUT2D eigenvalue weighted by Gasteiger charge is -2.40. The quantitative estimate of drug-likeness (QED) is 0.606. The van der Waals surface area contributed by atoms with Crippen molar-refractivity contribution >= 4 is 5.97 Å². The van der Waals surface area contributed by atoms with Gasteiger partial charge in [-0.15, -0.1) is 0 Å². The minimum absolute atomic E-state index is 0.0606. The predicted molar refractivity (Wildman–Crippen MR) is 93.2 cm³/mol. The second-order valence-electron chi connectivity index (χ2n) is 7.47. The topological polar surface area (TPSA) is 62.3 Å². The lowest BCUT2D eigenvalue weighted by Crippen LogP contribution is -2.50. The van der Waals surface area contributed by atoms with Gasteiger partial charge in [0, 0.05) is 24.9 Å². The standard InChI is InChI=1S/C20H27NO4/c1-2-3-9-21-16-10-14(11-17(21)19-18(16)25-19)24-20(23)15(12-22)13-7-5-4-6-8-13/h4-8,14-19,22H,2-3,9-12H2,1H3/t14?,15-,16?,17?,18?,19?/m1/s1. The third-order valence-electron chi connectivity index (χ3n) is 5.90. The van der Waals surface area contributed by atoms with Crippen molar-refractivity contribution in [2.24, 2.45) is 0 Å². The van der Waals surface area contributed by atoms with Gasteiger partial charge in [0.05, 0.1) is 6.61 Å². The van der Waals surface area contributed by atoms with E-state index in [0.29, 0.717) is 24.3 Å². The Morgan fingerprint density at radius 1 is 1.28 bits per heavy atom. The minimum atomic E-state index is -0.595. The van der Waals surface area contributed by atoms with Crippen molar-refractivity contribution in [1.82, 2.24) is 4.90 Å². The smallest absolute Gasteiger partial charge is 0.316 e. The number of hydrogen-bond acceptors (Lipinski definition) is 5. The Kier molecular flexibility index (Phi) is 4.80. The fraction of sp³-hybridized carbons (Fsp3) is 0.650. The second kappa shape index (κ2) is 7.06. The summed E-state index contributed by atoms with van der Waals surface area (Å²) in [6.07, 6.45) is 4.72. The Hall–Kier alpha value is -1.43. The number of benzene rings is 1.